The molecule has 1 aromatic heterocycles. The topological polar surface area (TPSA) is 57.3 Å². The van der Waals surface area contributed by atoms with Crippen molar-refractivity contribution in [1.82, 2.24) is 10.3 Å². The van der Waals surface area contributed by atoms with Crippen LogP contribution in [-0.2, 0) is 0 Å². The number of benzene rings is 1. The number of nitrogens with zero attached hydrogens (tertiary/aromatic N) is 2. The molecule has 1 heterocycles. The van der Waals surface area contributed by atoms with Crippen LogP contribution in [0, 0.1) is 0 Å². The Morgan fingerprint density at radius 1 is 1.08 bits per heavy atom. The summed E-state index contributed by atoms with van der Waals surface area (Å²) in [6.07, 6.45) is 1.64. The van der Waals surface area contributed by atoms with Gasteiger partial charge in [0, 0.05) is 41.8 Å². The first-order chi connectivity index (χ1) is 11.8. The molecule has 0 radical (unpaired) electrons. The maximum Gasteiger partial charge on any atom is 0.251 e. The molecular weight excluding hydrogens is 312 g/mol. The second-order valence-electron chi connectivity index (χ2n) is 6.98. The highest BCUT2D eigenvalue weighted by Crippen LogP contribution is 2.20. The molecule has 0 saturated heterocycles. The van der Waals surface area contributed by atoms with Crippen molar-refractivity contribution in [3.8, 4) is 0 Å². The van der Waals surface area contributed by atoms with E-state index in [0.29, 0.717) is 11.4 Å². The summed E-state index contributed by atoms with van der Waals surface area (Å²) in [5.74, 6) is 0.548. The Labute approximate surface area is 150 Å². The zero-order valence-corrected chi connectivity index (χ0v) is 15.8. The normalized spacial score (nSPS) is 11.1. The van der Waals surface area contributed by atoms with Crippen LogP contribution in [0.25, 0.3) is 0 Å². The van der Waals surface area contributed by atoms with E-state index in [1.165, 1.54) is 5.69 Å². The Morgan fingerprint density at radius 2 is 1.72 bits per heavy atom. The molecule has 0 bridgehead atoms. The third kappa shape index (κ3) is 5.48. The molecule has 1 amide bonds. The van der Waals surface area contributed by atoms with Crippen LogP contribution in [0.2, 0.25) is 0 Å². The van der Waals surface area contributed by atoms with Crippen LogP contribution in [-0.4, -0.2) is 29.5 Å². The number of hydrogen-bond donors (Lipinski definition) is 2. The smallest absolute Gasteiger partial charge is 0.251 e. The molecule has 25 heavy (non-hydrogen) atoms. The summed E-state index contributed by atoms with van der Waals surface area (Å²) >= 11 is 0. The van der Waals surface area contributed by atoms with Crippen LogP contribution in [0.5, 0.6) is 0 Å². The van der Waals surface area contributed by atoms with Gasteiger partial charge in [-0.25, -0.2) is 4.98 Å². The van der Waals surface area contributed by atoms with Crippen LogP contribution < -0.4 is 15.5 Å². The number of pyridine rings is 1. The predicted octanol–water partition coefficient (Wildman–Crippen LogP) is 4.20. The number of amides is 1. The second-order valence-corrected chi connectivity index (χ2v) is 6.98. The molecule has 1 aromatic carbocycles. The Bertz CT molecular complexity index is 700. The highest BCUT2D eigenvalue weighted by Gasteiger charge is 2.15. The molecule has 2 aromatic rings. The maximum atomic E-state index is 12.3. The lowest BCUT2D eigenvalue weighted by Gasteiger charge is -2.21. The molecule has 5 heteroatoms. The molecule has 0 aliphatic rings. The average molecular weight is 340 g/mol. The summed E-state index contributed by atoms with van der Waals surface area (Å²) in [6, 6.07) is 11.7. The van der Waals surface area contributed by atoms with E-state index in [1.54, 1.807) is 18.3 Å². The van der Waals surface area contributed by atoms with Crippen LogP contribution in [0.1, 0.15) is 45.0 Å². The van der Waals surface area contributed by atoms with Gasteiger partial charge in [0.2, 0.25) is 0 Å². The van der Waals surface area contributed by atoms with E-state index in [4.69, 9.17) is 0 Å². The van der Waals surface area contributed by atoms with E-state index in [2.05, 4.69) is 46.5 Å². The van der Waals surface area contributed by atoms with Crippen molar-refractivity contribution in [3.05, 3.63) is 48.2 Å². The van der Waals surface area contributed by atoms with Gasteiger partial charge in [0.25, 0.3) is 5.91 Å². The molecule has 0 spiro atoms. The zero-order valence-electron chi connectivity index (χ0n) is 15.8. The molecule has 0 atom stereocenters. The minimum absolute atomic E-state index is 0.102. The average Bonchev–Trinajstić information content (AvgIpc) is 2.56. The van der Waals surface area contributed by atoms with Gasteiger partial charge < -0.3 is 15.5 Å². The fraction of sp³-hybridized carbons (Fsp3) is 0.400. The van der Waals surface area contributed by atoms with Crippen molar-refractivity contribution in [2.75, 3.05) is 23.3 Å². The van der Waals surface area contributed by atoms with Crippen LogP contribution in [0.4, 0.5) is 17.2 Å². The number of hydrogen-bond acceptors (Lipinski definition) is 4. The maximum absolute atomic E-state index is 12.3. The van der Waals surface area contributed by atoms with Gasteiger partial charge in [-0.2, -0.15) is 0 Å². The van der Waals surface area contributed by atoms with Gasteiger partial charge >= 0.3 is 0 Å². The molecule has 0 aliphatic heterocycles. The third-order valence-electron chi connectivity index (χ3n) is 3.78. The largest absolute Gasteiger partial charge is 0.372 e. The predicted molar refractivity (Wildman–Crippen MR) is 105 cm³/mol. The van der Waals surface area contributed by atoms with E-state index in [9.17, 15) is 4.79 Å². The van der Waals surface area contributed by atoms with E-state index in [1.807, 2.05) is 32.9 Å². The molecule has 0 fully saturated rings. The number of carbonyl (C=O) groups is 1. The van der Waals surface area contributed by atoms with E-state index in [-0.39, 0.29) is 11.4 Å². The first-order valence-electron chi connectivity index (χ1n) is 8.73. The van der Waals surface area contributed by atoms with Crippen LogP contribution in [0.3, 0.4) is 0 Å². The van der Waals surface area contributed by atoms with Crippen molar-refractivity contribution in [2.24, 2.45) is 0 Å². The Kier molecular flexibility index (Phi) is 6.02. The number of anilines is 3. The fourth-order valence-corrected chi connectivity index (χ4v) is 2.55. The van der Waals surface area contributed by atoms with Gasteiger partial charge in [0.1, 0.15) is 5.82 Å². The van der Waals surface area contributed by atoms with E-state index in [0.717, 1.165) is 18.8 Å². The van der Waals surface area contributed by atoms with Crippen molar-refractivity contribution in [1.29, 1.82) is 0 Å². The quantitative estimate of drug-likeness (QED) is 0.827. The summed E-state index contributed by atoms with van der Waals surface area (Å²) < 4.78 is 0. The van der Waals surface area contributed by atoms with Crippen molar-refractivity contribution in [3.63, 3.8) is 0 Å². The van der Waals surface area contributed by atoms with Gasteiger partial charge in [0.05, 0.1) is 0 Å². The Hall–Kier alpha value is -2.56. The zero-order chi connectivity index (χ0) is 18.4. The lowest BCUT2D eigenvalue weighted by molar-refractivity contribution is 0.0919. The number of carbonyl (C=O) groups excluding carboxylic acids is 1. The van der Waals surface area contributed by atoms with Gasteiger partial charge in [-0.05, 0) is 71.0 Å². The lowest BCUT2D eigenvalue weighted by Crippen LogP contribution is -2.40. The van der Waals surface area contributed by atoms with Crippen LogP contribution in [0.15, 0.2) is 42.6 Å². The number of nitrogens with one attached hydrogen (secondary N) is 2. The molecule has 5 nitrogen and oxygen atoms in total. The third-order valence-corrected chi connectivity index (χ3v) is 3.78. The molecule has 0 aliphatic carbocycles. The Balaban J connectivity index is 2.10. The summed E-state index contributed by atoms with van der Waals surface area (Å²) in [5.41, 5.74) is 2.46. The summed E-state index contributed by atoms with van der Waals surface area (Å²) in [4.78, 5) is 18.9. The molecule has 134 valence electrons. The minimum atomic E-state index is -0.270. The molecular formula is C20H28N4O. The van der Waals surface area contributed by atoms with Crippen molar-refractivity contribution < 1.29 is 4.79 Å². The molecule has 0 unspecified atom stereocenters. The second kappa shape index (κ2) is 8.01. The standard InChI is InChI=1S/C20H28N4O/c1-6-24(7-2)17-10-8-16(9-11-17)22-18-14-15(12-13-21-18)19(25)23-20(3,4)5/h8-14H,6-7H2,1-5H3,(H,21,22)(H,23,25). The molecule has 2 N–H and O–H groups in total. The summed E-state index contributed by atoms with van der Waals surface area (Å²) in [6.45, 7) is 12.1. The lowest BCUT2D eigenvalue weighted by atomic mass is 10.1. The van der Waals surface area contributed by atoms with Gasteiger partial charge in [0.15, 0.2) is 0 Å². The van der Waals surface area contributed by atoms with Crippen molar-refractivity contribution >= 4 is 23.1 Å². The number of aromatic nitrogens is 1. The van der Waals surface area contributed by atoms with Gasteiger partial charge in [-0.1, -0.05) is 0 Å². The summed E-state index contributed by atoms with van der Waals surface area (Å²) in [7, 11) is 0. The SMILES string of the molecule is CCN(CC)c1ccc(Nc2cc(C(=O)NC(C)(C)C)ccn2)cc1. The van der Waals surface area contributed by atoms with Gasteiger partial charge in [-0.15, -0.1) is 0 Å². The highest BCUT2D eigenvalue weighted by molar-refractivity contribution is 5.95. The molecule has 0 saturated carbocycles. The Morgan fingerprint density at radius 3 is 2.28 bits per heavy atom. The molecule has 2 rings (SSSR count). The van der Waals surface area contributed by atoms with Crippen molar-refractivity contribution in [2.45, 2.75) is 40.2 Å². The highest BCUT2D eigenvalue weighted by atomic mass is 16.1. The van der Waals surface area contributed by atoms with Crippen LogP contribution >= 0.6 is 0 Å². The van der Waals surface area contributed by atoms with E-state index < -0.39 is 0 Å². The first-order valence-corrected chi connectivity index (χ1v) is 8.73. The van der Waals surface area contributed by atoms with E-state index >= 15 is 0 Å². The first kappa shape index (κ1) is 18.8. The fourth-order valence-electron chi connectivity index (χ4n) is 2.55. The number of rotatable bonds is 6. The van der Waals surface area contributed by atoms with Gasteiger partial charge in [-0.3, -0.25) is 4.79 Å². The monoisotopic (exact) mass is 340 g/mol. The minimum Gasteiger partial charge on any atom is -0.372 e. The summed E-state index contributed by atoms with van der Waals surface area (Å²) in [5, 5.41) is 6.21.